The molecule has 0 aliphatic heterocycles. The van der Waals surface area contributed by atoms with Crippen molar-refractivity contribution in [3.8, 4) is 11.5 Å². The molecule has 7 nitrogen and oxygen atoms in total. The topological polar surface area (TPSA) is 84.0 Å². The zero-order chi connectivity index (χ0) is 21.8. The van der Waals surface area contributed by atoms with Crippen LogP contribution in [0.1, 0.15) is 28.6 Å². The molecule has 0 unspecified atom stereocenters. The summed E-state index contributed by atoms with van der Waals surface area (Å²) < 4.78 is 35.0. The number of carbonyl (C=O) groups excluding carboxylic acids is 1. The molecule has 0 aliphatic carbocycles. The Bertz CT molecular complexity index is 823. The second-order valence-electron chi connectivity index (χ2n) is 6.06. The molecule has 172 valence electrons. The molecule has 0 bridgehead atoms. The minimum Gasteiger partial charge on any atom is -0.497 e. The van der Waals surface area contributed by atoms with Crippen LogP contribution in [0.5, 0.6) is 11.5 Å². The van der Waals surface area contributed by atoms with Gasteiger partial charge >= 0.3 is 6.61 Å². The Hall–Kier alpha value is -2.15. The molecule has 11 heteroatoms. The number of aliphatic imine (C=N–C) groups is 1. The van der Waals surface area contributed by atoms with Crippen molar-refractivity contribution in [3.05, 3.63) is 46.2 Å². The fourth-order valence-corrected chi connectivity index (χ4v) is 3.16. The molecule has 31 heavy (non-hydrogen) atoms. The quantitative estimate of drug-likeness (QED) is 0.166. The van der Waals surface area contributed by atoms with Crippen molar-refractivity contribution >= 4 is 47.2 Å². The summed E-state index contributed by atoms with van der Waals surface area (Å²) in [6.45, 7) is 0.871. The molecule has 1 aromatic carbocycles. The van der Waals surface area contributed by atoms with Crippen LogP contribution in [0.2, 0.25) is 0 Å². The van der Waals surface area contributed by atoms with E-state index in [1.807, 2.05) is 18.4 Å². The number of nitrogens with one attached hydrogen (secondary N) is 3. The summed E-state index contributed by atoms with van der Waals surface area (Å²) in [6.07, 6.45) is 0.695. The van der Waals surface area contributed by atoms with Gasteiger partial charge < -0.3 is 25.4 Å². The number of benzene rings is 1. The highest BCUT2D eigenvalue weighted by molar-refractivity contribution is 14.0. The van der Waals surface area contributed by atoms with Gasteiger partial charge in [0.2, 0.25) is 0 Å². The van der Waals surface area contributed by atoms with Crippen molar-refractivity contribution in [1.29, 1.82) is 0 Å². The van der Waals surface area contributed by atoms with Crippen molar-refractivity contribution in [2.75, 3.05) is 26.7 Å². The van der Waals surface area contributed by atoms with E-state index in [1.54, 1.807) is 18.2 Å². The maximum Gasteiger partial charge on any atom is 0.387 e. The summed E-state index contributed by atoms with van der Waals surface area (Å²) in [6, 6.07) is 8.22. The van der Waals surface area contributed by atoms with E-state index in [9.17, 15) is 13.6 Å². The number of amides is 1. The molecule has 0 fully saturated rings. The summed E-state index contributed by atoms with van der Waals surface area (Å²) in [5.74, 6) is 1.03. The molecule has 1 aromatic heterocycles. The largest absolute Gasteiger partial charge is 0.497 e. The Balaban J connectivity index is 0.00000480. The summed E-state index contributed by atoms with van der Waals surface area (Å²) in [5, 5.41) is 11.0. The second kappa shape index (κ2) is 14.8. The number of nitrogens with zero attached hydrogens (tertiary/aromatic N) is 1. The normalized spacial score (nSPS) is 10.9. The van der Waals surface area contributed by atoms with Crippen LogP contribution in [0.3, 0.4) is 0 Å². The summed E-state index contributed by atoms with van der Waals surface area (Å²) in [7, 11) is 1.50. The van der Waals surface area contributed by atoms with Crippen LogP contribution >= 0.6 is 35.3 Å². The van der Waals surface area contributed by atoms with E-state index < -0.39 is 6.61 Å². The Morgan fingerprint density at radius 1 is 1.19 bits per heavy atom. The molecule has 1 amide bonds. The molecule has 2 rings (SSSR count). The summed E-state index contributed by atoms with van der Waals surface area (Å²) in [4.78, 5) is 17.0. The van der Waals surface area contributed by atoms with Gasteiger partial charge in [0.15, 0.2) is 5.96 Å². The van der Waals surface area contributed by atoms with Gasteiger partial charge in [-0.15, -0.1) is 35.3 Å². The molecule has 0 saturated heterocycles. The number of thiophene rings is 1. The van der Waals surface area contributed by atoms with Crippen LogP contribution in [0.4, 0.5) is 8.78 Å². The van der Waals surface area contributed by atoms with Crippen LogP contribution < -0.4 is 25.4 Å². The van der Waals surface area contributed by atoms with Gasteiger partial charge in [0.05, 0.1) is 18.5 Å². The number of methoxy groups -OCH3 is 1. The standard InChI is InChI=1S/C20H26F2N4O3S.HI/c1-3-23-20(25-10-5-9-24-18(27)17-6-4-11-30-17)26-13-14-12-15(28-2)7-8-16(14)29-19(21)22;/h4,6-8,11-12,19H,3,5,9-10,13H2,1-2H3,(H,24,27)(H2,23,25,26);1H. The van der Waals surface area contributed by atoms with Gasteiger partial charge in [0.25, 0.3) is 5.91 Å². The predicted molar refractivity (Wildman–Crippen MR) is 129 cm³/mol. The van der Waals surface area contributed by atoms with E-state index in [4.69, 9.17) is 4.74 Å². The molecule has 0 aliphatic rings. The molecular weight excluding hydrogens is 541 g/mol. The van der Waals surface area contributed by atoms with Crippen LogP contribution in [0.15, 0.2) is 40.7 Å². The van der Waals surface area contributed by atoms with Crippen molar-refractivity contribution in [2.45, 2.75) is 26.5 Å². The van der Waals surface area contributed by atoms with Gasteiger partial charge in [-0.25, -0.2) is 4.99 Å². The maximum absolute atomic E-state index is 12.6. The fraction of sp³-hybridized carbons (Fsp3) is 0.400. The van der Waals surface area contributed by atoms with E-state index in [-0.39, 0.29) is 42.2 Å². The molecule has 0 saturated carbocycles. The number of guanidine groups is 1. The summed E-state index contributed by atoms with van der Waals surface area (Å²) >= 11 is 1.40. The molecule has 0 radical (unpaired) electrons. The third-order valence-corrected chi connectivity index (χ3v) is 4.78. The predicted octanol–water partition coefficient (Wildman–Crippen LogP) is 3.85. The molecule has 1 heterocycles. The molecule has 0 atom stereocenters. The Labute approximate surface area is 201 Å². The number of carbonyl (C=O) groups is 1. The number of halogens is 3. The Morgan fingerprint density at radius 2 is 1.97 bits per heavy atom. The van der Waals surface area contributed by atoms with Crippen molar-refractivity contribution in [3.63, 3.8) is 0 Å². The lowest BCUT2D eigenvalue weighted by atomic mass is 10.2. The van der Waals surface area contributed by atoms with Crippen LogP contribution in [-0.4, -0.2) is 45.2 Å². The fourth-order valence-electron chi connectivity index (χ4n) is 2.52. The van der Waals surface area contributed by atoms with E-state index in [0.717, 1.165) is 0 Å². The van der Waals surface area contributed by atoms with Gasteiger partial charge in [-0.1, -0.05) is 6.07 Å². The van der Waals surface area contributed by atoms with Gasteiger partial charge in [-0.2, -0.15) is 8.78 Å². The number of alkyl halides is 2. The zero-order valence-corrected chi connectivity index (χ0v) is 20.5. The Morgan fingerprint density at radius 3 is 2.61 bits per heavy atom. The van der Waals surface area contributed by atoms with Crippen molar-refractivity contribution in [1.82, 2.24) is 16.0 Å². The lowest BCUT2D eigenvalue weighted by molar-refractivity contribution is -0.0504. The SMILES string of the molecule is CCNC(=NCc1cc(OC)ccc1OC(F)F)NCCCNC(=O)c1cccs1.I. The average molecular weight is 568 g/mol. The zero-order valence-electron chi connectivity index (χ0n) is 17.3. The first-order valence-corrected chi connectivity index (χ1v) is 10.4. The average Bonchev–Trinajstić information content (AvgIpc) is 3.27. The highest BCUT2D eigenvalue weighted by atomic mass is 127. The minimum atomic E-state index is -2.92. The third-order valence-electron chi connectivity index (χ3n) is 3.91. The number of rotatable bonds is 11. The molecule has 3 N–H and O–H groups in total. The molecule has 0 spiro atoms. The highest BCUT2D eigenvalue weighted by Gasteiger charge is 2.11. The van der Waals surface area contributed by atoms with Crippen LogP contribution in [0, 0.1) is 0 Å². The second-order valence-corrected chi connectivity index (χ2v) is 7.01. The number of ether oxygens (including phenoxy) is 2. The highest BCUT2D eigenvalue weighted by Crippen LogP contribution is 2.26. The smallest absolute Gasteiger partial charge is 0.387 e. The van der Waals surface area contributed by atoms with Crippen molar-refractivity contribution < 1.29 is 23.0 Å². The Kier molecular flexibility index (Phi) is 12.8. The van der Waals surface area contributed by atoms with Gasteiger partial charge in [0.1, 0.15) is 11.5 Å². The first-order valence-electron chi connectivity index (χ1n) is 9.49. The van der Waals surface area contributed by atoms with Crippen LogP contribution in [-0.2, 0) is 6.54 Å². The van der Waals surface area contributed by atoms with Gasteiger partial charge in [-0.3, -0.25) is 4.79 Å². The van der Waals surface area contributed by atoms with E-state index >= 15 is 0 Å². The lowest BCUT2D eigenvalue weighted by Gasteiger charge is -2.13. The van der Waals surface area contributed by atoms with E-state index in [0.29, 0.717) is 48.2 Å². The van der Waals surface area contributed by atoms with E-state index in [2.05, 4.69) is 25.7 Å². The first-order chi connectivity index (χ1) is 14.5. The van der Waals surface area contributed by atoms with Gasteiger partial charge in [0, 0.05) is 25.2 Å². The first kappa shape index (κ1) is 26.9. The van der Waals surface area contributed by atoms with E-state index in [1.165, 1.54) is 24.5 Å². The molecule has 2 aromatic rings. The van der Waals surface area contributed by atoms with Crippen LogP contribution in [0.25, 0.3) is 0 Å². The summed E-state index contributed by atoms with van der Waals surface area (Å²) in [5.41, 5.74) is 0.482. The minimum absolute atomic E-state index is 0. The monoisotopic (exact) mass is 568 g/mol. The maximum atomic E-state index is 12.6. The molecular formula is C20H27F2IN4O3S. The number of hydrogen-bond donors (Lipinski definition) is 3. The third kappa shape index (κ3) is 9.68. The lowest BCUT2D eigenvalue weighted by Crippen LogP contribution is -2.38. The number of hydrogen-bond acceptors (Lipinski definition) is 5. The van der Waals surface area contributed by atoms with Gasteiger partial charge in [-0.05, 0) is 43.0 Å². The van der Waals surface area contributed by atoms with Crippen molar-refractivity contribution in [2.24, 2.45) is 4.99 Å².